The van der Waals surface area contributed by atoms with Gasteiger partial charge in [-0.25, -0.2) is 14.6 Å². The van der Waals surface area contributed by atoms with Crippen LogP contribution < -0.4 is 10.5 Å². The number of benzene rings is 1. The molecule has 3 aromatic heterocycles. The predicted molar refractivity (Wildman–Crippen MR) is 102 cm³/mol. The van der Waals surface area contributed by atoms with E-state index in [9.17, 15) is 0 Å². The summed E-state index contributed by atoms with van der Waals surface area (Å²) in [5.74, 6) is 1.08. The first kappa shape index (κ1) is 15.7. The minimum atomic E-state index is 0.200. The zero-order valence-electron chi connectivity index (χ0n) is 14.8. The molecule has 27 heavy (non-hydrogen) atoms. The topological polar surface area (TPSA) is 91.7 Å². The highest BCUT2D eigenvalue weighted by atomic mass is 16.5. The molecule has 0 saturated carbocycles. The van der Waals surface area contributed by atoms with E-state index in [1.54, 1.807) is 19.5 Å². The minimum Gasteiger partial charge on any atom is -0.495 e. The summed E-state index contributed by atoms with van der Waals surface area (Å²) in [5, 5.41) is 5.65. The average Bonchev–Trinajstić information content (AvgIpc) is 3.30. The van der Waals surface area contributed by atoms with Crippen molar-refractivity contribution >= 4 is 16.9 Å². The monoisotopic (exact) mass is 358 g/mol. The van der Waals surface area contributed by atoms with Gasteiger partial charge < -0.3 is 10.5 Å². The van der Waals surface area contributed by atoms with Crippen LogP contribution in [0.5, 0.6) is 5.75 Å². The molecular weight excluding hydrogens is 340 g/mol. The number of pyridine rings is 1. The van der Waals surface area contributed by atoms with Gasteiger partial charge in [-0.1, -0.05) is 24.3 Å². The maximum atomic E-state index is 6.21. The summed E-state index contributed by atoms with van der Waals surface area (Å²) >= 11 is 0. The van der Waals surface area contributed by atoms with Crippen LogP contribution in [0.4, 0.5) is 5.82 Å². The molecule has 1 aliphatic carbocycles. The van der Waals surface area contributed by atoms with Gasteiger partial charge in [0.05, 0.1) is 24.7 Å². The first-order chi connectivity index (χ1) is 13.2. The third kappa shape index (κ3) is 2.51. The number of fused-ring (bicyclic) bond motifs is 2. The highest BCUT2D eigenvalue weighted by Crippen LogP contribution is 2.36. The lowest BCUT2D eigenvalue weighted by Crippen LogP contribution is -2.11. The van der Waals surface area contributed by atoms with Gasteiger partial charge in [-0.15, -0.1) is 0 Å². The molecule has 0 saturated heterocycles. The van der Waals surface area contributed by atoms with E-state index < -0.39 is 0 Å². The van der Waals surface area contributed by atoms with Gasteiger partial charge in [-0.2, -0.15) is 5.10 Å². The molecule has 2 N–H and O–H groups in total. The first-order valence-corrected chi connectivity index (χ1v) is 8.79. The van der Waals surface area contributed by atoms with Crippen molar-refractivity contribution < 1.29 is 4.74 Å². The van der Waals surface area contributed by atoms with Crippen molar-refractivity contribution in [1.29, 1.82) is 0 Å². The second-order valence-electron chi connectivity index (χ2n) is 6.69. The van der Waals surface area contributed by atoms with E-state index in [-0.39, 0.29) is 6.04 Å². The molecule has 0 bridgehead atoms. The Hall–Kier alpha value is -3.48. The molecule has 3 heterocycles. The second kappa shape index (κ2) is 6.05. The Balaban J connectivity index is 1.68. The maximum Gasteiger partial charge on any atom is 0.164 e. The fourth-order valence-electron chi connectivity index (χ4n) is 3.82. The van der Waals surface area contributed by atoms with Gasteiger partial charge in [0.1, 0.15) is 23.6 Å². The lowest BCUT2D eigenvalue weighted by Gasteiger charge is -2.10. The van der Waals surface area contributed by atoms with Gasteiger partial charge in [0, 0.05) is 11.8 Å². The summed E-state index contributed by atoms with van der Waals surface area (Å²) < 4.78 is 7.30. The highest BCUT2D eigenvalue weighted by Gasteiger charge is 2.27. The average molecular weight is 358 g/mol. The molecular formula is C20H18N6O. The predicted octanol–water partition coefficient (Wildman–Crippen LogP) is 2.82. The summed E-state index contributed by atoms with van der Waals surface area (Å²) in [6.45, 7) is 0. The molecule has 1 aromatic carbocycles. The summed E-state index contributed by atoms with van der Waals surface area (Å²) in [5.41, 5.74) is 11.2. The third-order valence-electron chi connectivity index (χ3n) is 5.12. The van der Waals surface area contributed by atoms with Gasteiger partial charge in [-0.3, -0.25) is 4.98 Å². The Morgan fingerprint density at radius 2 is 1.89 bits per heavy atom. The SMILES string of the molecule is COc1cncc(-c2nn(C3Cc4ccccc4C3)c3ncnc(N)c23)c1. The van der Waals surface area contributed by atoms with Crippen molar-refractivity contribution in [3.63, 3.8) is 0 Å². The van der Waals surface area contributed by atoms with Gasteiger partial charge in [-0.05, 0) is 30.0 Å². The highest BCUT2D eigenvalue weighted by molar-refractivity contribution is 5.98. The van der Waals surface area contributed by atoms with Gasteiger partial charge >= 0.3 is 0 Å². The van der Waals surface area contributed by atoms with E-state index in [4.69, 9.17) is 15.6 Å². The number of nitrogen functional groups attached to an aromatic ring is 1. The molecule has 0 aliphatic heterocycles. The minimum absolute atomic E-state index is 0.200. The summed E-state index contributed by atoms with van der Waals surface area (Å²) in [6.07, 6.45) is 6.76. The van der Waals surface area contributed by atoms with E-state index in [1.165, 1.54) is 17.5 Å². The Kier molecular flexibility index (Phi) is 3.53. The number of rotatable bonds is 3. The number of aromatic nitrogens is 5. The summed E-state index contributed by atoms with van der Waals surface area (Å²) in [6, 6.07) is 10.6. The van der Waals surface area contributed by atoms with Crippen LogP contribution in [0.15, 0.2) is 49.1 Å². The molecule has 4 aromatic rings. The lowest BCUT2D eigenvalue weighted by molar-refractivity contribution is 0.413. The largest absolute Gasteiger partial charge is 0.495 e. The van der Waals surface area contributed by atoms with Crippen molar-refractivity contribution in [3.05, 3.63) is 60.2 Å². The normalized spacial score (nSPS) is 13.8. The van der Waals surface area contributed by atoms with Gasteiger partial charge in [0.15, 0.2) is 5.65 Å². The van der Waals surface area contributed by atoms with Gasteiger partial charge in [0.25, 0.3) is 0 Å². The number of hydrogen-bond acceptors (Lipinski definition) is 6. The van der Waals surface area contributed by atoms with Crippen LogP contribution in [0.2, 0.25) is 0 Å². The van der Waals surface area contributed by atoms with E-state index >= 15 is 0 Å². The molecule has 7 nitrogen and oxygen atoms in total. The Morgan fingerprint density at radius 1 is 1.11 bits per heavy atom. The van der Waals surface area contributed by atoms with E-state index in [1.807, 2.05) is 10.7 Å². The Labute approximate surface area is 155 Å². The Morgan fingerprint density at radius 3 is 2.63 bits per heavy atom. The molecule has 0 amide bonds. The van der Waals surface area contributed by atoms with Crippen molar-refractivity contribution in [1.82, 2.24) is 24.7 Å². The summed E-state index contributed by atoms with van der Waals surface area (Å²) in [4.78, 5) is 12.9. The molecule has 7 heteroatoms. The molecule has 0 atom stereocenters. The molecule has 5 rings (SSSR count). The van der Waals surface area contributed by atoms with Crippen LogP contribution in [0, 0.1) is 0 Å². The summed E-state index contributed by atoms with van der Waals surface area (Å²) in [7, 11) is 1.62. The van der Waals surface area contributed by atoms with Crippen LogP contribution in [0.3, 0.4) is 0 Å². The molecule has 134 valence electrons. The standard InChI is InChI=1S/C20H18N6O/c1-27-16-8-14(9-22-10-16)18-17-19(21)23-11-24-20(17)26(25-18)15-6-12-4-2-3-5-13(12)7-15/h2-5,8-11,15H,6-7H2,1H3,(H2,21,23,24). The number of anilines is 1. The van der Waals surface area contributed by atoms with Crippen molar-refractivity contribution in [2.75, 3.05) is 12.8 Å². The molecule has 0 fully saturated rings. The molecule has 0 unspecified atom stereocenters. The molecule has 0 spiro atoms. The van der Waals surface area contributed by atoms with Crippen molar-refractivity contribution in [2.45, 2.75) is 18.9 Å². The van der Waals surface area contributed by atoms with Crippen molar-refractivity contribution in [3.8, 4) is 17.0 Å². The smallest absolute Gasteiger partial charge is 0.164 e. The number of nitrogens with two attached hydrogens (primary N) is 1. The van der Waals surface area contributed by atoms with E-state index in [0.717, 1.165) is 35.1 Å². The third-order valence-corrected chi connectivity index (χ3v) is 5.12. The van der Waals surface area contributed by atoms with Crippen LogP contribution >= 0.6 is 0 Å². The molecule has 1 aliphatic rings. The molecule has 0 radical (unpaired) electrons. The van der Waals surface area contributed by atoms with Crippen LogP contribution in [-0.2, 0) is 12.8 Å². The van der Waals surface area contributed by atoms with Gasteiger partial charge in [0.2, 0.25) is 0 Å². The van der Waals surface area contributed by atoms with Crippen molar-refractivity contribution in [2.24, 2.45) is 0 Å². The fraction of sp³-hybridized carbons (Fsp3) is 0.200. The number of hydrogen-bond donors (Lipinski definition) is 1. The zero-order chi connectivity index (χ0) is 18.4. The quantitative estimate of drug-likeness (QED) is 0.605. The number of nitrogens with zero attached hydrogens (tertiary/aromatic N) is 5. The maximum absolute atomic E-state index is 6.21. The van der Waals surface area contributed by atoms with Crippen LogP contribution in [0.25, 0.3) is 22.3 Å². The first-order valence-electron chi connectivity index (χ1n) is 8.79. The van der Waals surface area contributed by atoms with Crippen LogP contribution in [-0.4, -0.2) is 31.8 Å². The number of methoxy groups -OCH3 is 1. The fourth-order valence-corrected chi connectivity index (χ4v) is 3.82. The van der Waals surface area contributed by atoms with E-state index in [0.29, 0.717) is 11.6 Å². The second-order valence-corrected chi connectivity index (χ2v) is 6.69. The van der Waals surface area contributed by atoms with E-state index in [2.05, 4.69) is 39.2 Å². The Bertz CT molecular complexity index is 1130. The zero-order valence-corrected chi connectivity index (χ0v) is 14.8. The van der Waals surface area contributed by atoms with Crippen LogP contribution in [0.1, 0.15) is 17.2 Å². The number of ether oxygens (including phenoxy) is 1. The lowest BCUT2D eigenvalue weighted by atomic mass is 10.1.